The topological polar surface area (TPSA) is 17.1 Å². The monoisotopic (exact) mass is 334 g/mol. The van der Waals surface area contributed by atoms with Gasteiger partial charge in [0, 0.05) is 0 Å². The van der Waals surface area contributed by atoms with Crippen LogP contribution < -0.4 is 15.9 Å². The molecular weight excluding hydrogens is 311 g/mol. The van der Waals surface area contributed by atoms with Gasteiger partial charge < -0.3 is 4.79 Å². The van der Waals surface area contributed by atoms with E-state index in [1.54, 1.807) is 0 Å². The van der Waals surface area contributed by atoms with Gasteiger partial charge in [0.1, 0.15) is 5.78 Å². The van der Waals surface area contributed by atoms with Crippen LogP contribution in [0, 0.1) is 0 Å². The summed E-state index contributed by atoms with van der Waals surface area (Å²) in [6, 6.07) is 31.9. The Hall–Kier alpha value is -2.37. The summed E-state index contributed by atoms with van der Waals surface area (Å²) in [5, 5.41) is 3.95. The van der Waals surface area contributed by atoms with Gasteiger partial charge in [-0.25, -0.2) is 0 Å². The molecule has 0 amide bonds. The maximum atomic E-state index is 9.44. The lowest BCUT2D eigenvalue weighted by Gasteiger charge is -2.26. The molecule has 0 atom stereocenters. The zero-order valence-corrected chi connectivity index (χ0v) is 15.1. The largest absolute Gasteiger partial charge is 0.300 e. The quantitative estimate of drug-likeness (QED) is 0.662. The Morgan fingerprint density at radius 2 is 0.833 bits per heavy atom. The van der Waals surface area contributed by atoms with Gasteiger partial charge in [-0.1, -0.05) is 97.3 Å². The zero-order chi connectivity index (χ0) is 17.4. The first kappa shape index (κ1) is 18.0. The fourth-order valence-electron chi connectivity index (χ4n) is 2.49. The lowest BCUT2D eigenvalue weighted by atomic mass is 10.4. The van der Waals surface area contributed by atoms with Gasteiger partial charge in [-0.2, -0.15) is 0 Å². The number of ketones is 1. The van der Waals surface area contributed by atoms with Crippen molar-refractivity contribution in [2.75, 3.05) is 0 Å². The predicted molar refractivity (Wildman–Crippen MR) is 109 cm³/mol. The van der Waals surface area contributed by atoms with Crippen LogP contribution in [-0.4, -0.2) is 12.1 Å². The Bertz CT molecular complexity index is 701. The van der Waals surface area contributed by atoms with Gasteiger partial charge in [-0.15, -0.1) is 0 Å². The standard InChI is InChI=1S/C19H17P.C3H6O/c1-20(17-11-5-2-6-12-17,18-13-7-3-8-14-18)19-15-9-4-10-16-19;1-3(2)4/h2-16H,1H2;1-2H3. The molecule has 0 bridgehead atoms. The Labute approximate surface area is 145 Å². The Kier molecular flexibility index (Phi) is 6.35. The zero-order valence-electron chi connectivity index (χ0n) is 14.2. The summed E-state index contributed by atoms with van der Waals surface area (Å²) >= 11 is 0. The lowest BCUT2D eigenvalue weighted by molar-refractivity contribution is -0.114. The van der Waals surface area contributed by atoms with Crippen molar-refractivity contribution in [3.8, 4) is 0 Å². The highest BCUT2D eigenvalue weighted by Gasteiger charge is 2.21. The molecule has 0 spiro atoms. The van der Waals surface area contributed by atoms with Crippen molar-refractivity contribution in [2.24, 2.45) is 0 Å². The number of Topliss-reactive ketones (excluding diaryl/α,β-unsaturated/α-hetero) is 1. The smallest absolute Gasteiger partial charge is 0.126 e. The van der Waals surface area contributed by atoms with Crippen molar-refractivity contribution >= 4 is 34.9 Å². The highest BCUT2D eigenvalue weighted by molar-refractivity contribution is 7.93. The molecule has 0 fully saturated rings. The molecule has 0 radical (unpaired) electrons. The molecule has 1 nitrogen and oxygen atoms in total. The van der Waals surface area contributed by atoms with Gasteiger partial charge >= 0.3 is 0 Å². The summed E-state index contributed by atoms with van der Waals surface area (Å²) < 4.78 is 0. The van der Waals surface area contributed by atoms with Crippen LogP contribution in [-0.2, 0) is 4.79 Å². The van der Waals surface area contributed by atoms with E-state index in [0.29, 0.717) is 0 Å². The summed E-state index contributed by atoms with van der Waals surface area (Å²) in [4.78, 5) is 9.44. The molecule has 0 N–H and O–H groups in total. The molecule has 3 rings (SSSR count). The molecule has 3 aromatic carbocycles. The predicted octanol–water partition coefficient (Wildman–Crippen LogP) is 4.01. The van der Waals surface area contributed by atoms with Gasteiger partial charge in [0.2, 0.25) is 0 Å². The number of rotatable bonds is 3. The van der Waals surface area contributed by atoms with E-state index in [2.05, 4.69) is 91.0 Å². The van der Waals surface area contributed by atoms with Gasteiger partial charge in [-0.05, 0) is 36.6 Å². The first-order chi connectivity index (χ1) is 11.5. The molecule has 0 aliphatic carbocycles. The maximum Gasteiger partial charge on any atom is 0.126 e. The molecule has 24 heavy (non-hydrogen) atoms. The van der Waals surface area contributed by atoms with Crippen LogP contribution >= 0.6 is 6.89 Å². The second-order valence-corrected chi connectivity index (χ2v) is 8.89. The Morgan fingerprint density at radius 1 is 0.625 bits per heavy atom. The first-order valence-electron chi connectivity index (χ1n) is 7.92. The van der Waals surface area contributed by atoms with E-state index < -0.39 is 6.89 Å². The average molecular weight is 334 g/mol. The number of benzene rings is 3. The van der Waals surface area contributed by atoms with E-state index in [1.165, 1.54) is 29.8 Å². The van der Waals surface area contributed by atoms with E-state index >= 15 is 0 Å². The molecule has 0 aromatic heterocycles. The van der Waals surface area contributed by atoms with Crippen LogP contribution in [0.1, 0.15) is 13.8 Å². The van der Waals surface area contributed by atoms with Crippen molar-refractivity contribution in [1.82, 2.24) is 0 Å². The summed E-state index contributed by atoms with van der Waals surface area (Å²) in [7, 11) is 0. The number of carbonyl (C=O) groups excluding carboxylic acids is 1. The Morgan fingerprint density at radius 3 is 1.04 bits per heavy atom. The van der Waals surface area contributed by atoms with E-state index in [9.17, 15) is 4.79 Å². The van der Waals surface area contributed by atoms with Gasteiger partial charge in [0.25, 0.3) is 0 Å². The van der Waals surface area contributed by atoms with E-state index in [0.717, 1.165) is 0 Å². The maximum absolute atomic E-state index is 9.44. The summed E-state index contributed by atoms with van der Waals surface area (Å²) in [6.07, 6.45) is 4.69. The Balaban J connectivity index is 0.000000471. The van der Waals surface area contributed by atoms with Crippen molar-refractivity contribution in [1.29, 1.82) is 0 Å². The lowest BCUT2D eigenvalue weighted by Crippen LogP contribution is -2.25. The average Bonchev–Trinajstić information content (AvgIpc) is 2.63. The molecule has 0 aliphatic heterocycles. The molecule has 0 saturated carbocycles. The third-order valence-electron chi connectivity index (χ3n) is 3.59. The van der Waals surface area contributed by atoms with Crippen LogP contribution in [0.3, 0.4) is 0 Å². The third kappa shape index (κ3) is 4.34. The molecule has 3 aromatic rings. The molecule has 0 heterocycles. The van der Waals surface area contributed by atoms with Crippen molar-refractivity contribution in [3.05, 3.63) is 91.0 Å². The highest BCUT2D eigenvalue weighted by Crippen LogP contribution is 2.41. The molecular formula is C22H23OP. The van der Waals surface area contributed by atoms with Crippen molar-refractivity contribution in [3.63, 3.8) is 0 Å². The van der Waals surface area contributed by atoms with Gasteiger partial charge in [-0.3, -0.25) is 0 Å². The summed E-state index contributed by atoms with van der Waals surface area (Å²) in [5.41, 5.74) is 0. The molecule has 122 valence electrons. The number of carbonyl (C=O) groups is 1. The molecule has 0 aliphatic rings. The minimum absolute atomic E-state index is 0.167. The van der Waals surface area contributed by atoms with E-state index in [4.69, 9.17) is 6.30 Å². The normalized spacial score (nSPS) is 10.4. The van der Waals surface area contributed by atoms with Gasteiger partial charge in [0.05, 0.1) is 0 Å². The fraction of sp³-hybridized carbons (Fsp3) is 0.0909. The van der Waals surface area contributed by atoms with Crippen LogP contribution in [0.5, 0.6) is 0 Å². The van der Waals surface area contributed by atoms with Crippen molar-refractivity contribution in [2.45, 2.75) is 13.8 Å². The highest BCUT2D eigenvalue weighted by atomic mass is 31.2. The minimum atomic E-state index is -1.78. The third-order valence-corrected chi connectivity index (χ3v) is 7.13. The van der Waals surface area contributed by atoms with Crippen LogP contribution in [0.2, 0.25) is 0 Å². The van der Waals surface area contributed by atoms with Crippen molar-refractivity contribution < 1.29 is 4.79 Å². The molecule has 0 unspecified atom stereocenters. The minimum Gasteiger partial charge on any atom is -0.300 e. The molecule has 2 heteroatoms. The number of hydrogen-bond acceptors (Lipinski definition) is 1. The fourth-order valence-corrected chi connectivity index (χ4v) is 5.43. The molecule has 0 saturated heterocycles. The second kappa shape index (κ2) is 8.47. The summed E-state index contributed by atoms with van der Waals surface area (Å²) in [5.74, 6) is 0.167. The number of hydrogen-bond donors (Lipinski definition) is 0. The van der Waals surface area contributed by atoms with E-state index in [-0.39, 0.29) is 5.78 Å². The SMILES string of the molecule is C=P(c1ccccc1)(c1ccccc1)c1ccccc1.CC(C)=O. The van der Waals surface area contributed by atoms with Crippen LogP contribution in [0.15, 0.2) is 91.0 Å². The van der Waals surface area contributed by atoms with Crippen LogP contribution in [0.25, 0.3) is 0 Å². The summed E-state index contributed by atoms with van der Waals surface area (Å²) in [6.45, 7) is 1.28. The van der Waals surface area contributed by atoms with Gasteiger partial charge in [0.15, 0.2) is 0 Å². The second-order valence-electron chi connectivity index (χ2n) is 5.72. The first-order valence-corrected chi connectivity index (χ1v) is 9.90. The van der Waals surface area contributed by atoms with E-state index in [1.807, 2.05) is 0 Å². The van der Waals surface area contributed by atoms with Crippen LogP contribution in [0.4, 0.5) is 0 Å².